The van der Waals surface area contributed by atoms with Crippen molar-refractivity contribution in [2.75, 3.05) is 46.5 Å². The van der Waals surface area contributed by atoms with Gasteiger partial charge in [0.05, 0.1) is 13.2 Å². The van der Waals surface area contributed by atoms with Gasteiger partial charge in [0.1, 0.15) is 12.4 Å². The van der Waals surface area contributed by atoms with E-state index in [-0.39, 0.29) is 24.0 Å². The molecule has 0 bridgehead atoms. The Hall–Kier alpha value is -1.06. The van der Waals surface area contributed by atoms with E-state index < -0.39 is 0 Å². The van der Waals surface area contributed by atoms with Crippen LogP contribution in [0.25, 0.3) is 0 Å². The van der Waals surface area contributed by atoms with E-state index in [9.17, 15) is 0 Å². The van der Waals surface area contributed by atoms with Crippen molar-refractivity contribution in [2.24, 2.45) is 4.99 Å². The van der Waals surface area contributed by atoms with Crippen LogP contribution in [0, 0.1) is 0 Å². The molecule has 6 nitrogen and oxygen atoms in total. The molecule has 1 heterocycles. The normalized spacial score (nSPS) is 16.5. The molecule has 0 radical (unpaired) electrons. The zero-order valence-corrected chi connectivity index (χ0v) is 18.5. The zero-order chi connectivity index (χ0) is 17.9. The number of morpholine rings is 1. The van der Waals surface area contributed by atoms with Crippen molar-refractivity contribution in [3.63, 3.8) is 0 Å². The van der Waals surface area contributed by atoms with Crippen molar-refractivity contribution in [2.45, 2.75) is 32.9 Å². The summed E-state index contributed by atoms with van der Waals surface area (Å²) < 4.78 is 11.4. The van der Waals surface area contributed by atoms with Crippen LogP contribution in [0.3, 0.4) is 0 Å². The first-order chi connectivity index (χ1) is 12.2. The third-order valence-corrected chi connectivity index (χ3v) is 4.41. The van der Waals surface area contributed by atoms with E-state index in [4.69, 9.17) is 9.47 Å². The van der Waals surface area contributed by atoms with Crippen LogP contribution in [0.2, 0.25) is 0 Å². The van der Waals surface area contributed by atoms with E-state index in [0.717, 1.165) is 56.5 Å². The van der Waals surface area contributed by atoms with Gasteiger partial charge in [-0.05, 0) is 19.4 Å². The third-order valence-electron chi connectivity index (χ3n) is 4.41. The van der Waals surface area contributed by atoms with Crippen LogP contribution in [0.1, 0.15) is 25.8 Å². The molecule has 2 rings (SSSR count). The molecular weight excluding hydrogens is 443 g/mol. The van der Waals surface area contributed by atoms with Crippen molar-refractivity contribution in [3.8, 4) is 5.75 Å². The van der Waals surface area contributed by atoms with Gasteiger partial charge in [-0.3, -0.25) is 9.89 Å². The number of benzene rings is 1. The Labute approximate surface area is 174 Å². The van der Waals surface area contributed by atoms with Crippen molar-refractivity contribution >= 4 is 29.9 Å². The fraction of sp³-hybridized carbons (Fsp3) is 0.632. The van der Waals surface area contributed by atoms with E-state index in [1.807, 2.05) is 18.2 Å². The number of hydrogen-bond donors (Lipinski definition) is 2. The quantitative estimate of drug-likeness (QED) is 0.343. The van der Waals surface area contributed by atoms with E-state index in [2.05, 4.69) is 40.4 Å². The Morgan fingerprint density at radius 3 is 2.73 bits per heavy atom. The van der Waals surface area contributed by atoms with E-state index in [1.54, 1.807) is 7.05 Å². The Morgan fingerprint density at radius 1 is 1.31 bits per heavy atom. The topological polar surface area (TPSA) is 58.1 Å². The number of halogens is 1. The van der Waals surface area contributed by atoms with Gasteiger partial charge in [0.2, 0.25) is 0 Å². The summed E-state index contributed by atoms with van der Waals surface area (Å²) in [5, 5.41) is 6.73. The number of hydrogen-bond acceptors (Lipinski definition) is 4. The summed E-state index contributed by atoms with van der Waals surface area (Å²) in [7, 11) is 1.79. The summed E-state index contributed by atoms with van der Waals surface area (Å²) in [6.07, 6.45) is 1.06. The van der Waals surface area contributed by atoms with Crippen LogP contribution in [-0.4, -0.2) is 63.4 Å². The second kappa shape index (κ2) is 13.2. The van der Waals surface area contributed by atoms with Gasteiger partial charge >= 0.3 is 0 Å². The molecule has 0 amide bonds. The molecule has 1 saturated heterocycles. The number of nitrogens with zero attached hydrogens (tertiary/aromatic N) is 2. The molecule has 0 spiro atoms. The van der Waals surface area contributed by atoms with E-state index in [1.165, 1.54) is 0 Å². The number of guanidine groups is 1. The number of nitrogens with one attached hydrogen (secondary N) is 2. The molecule has 1 aliphatic rings. The van der Waals surface area contributed by atoms with Gasteiger partial charge in [0, 0.05) is 44.8 Å². The molecule has 26 heavy (non-hydrogen) atoms. The van der Waals surface area contributed by atoms with Gasteiger partial charge in [-0.2, -0.15) is 0 Å². The molecule has 0 aliphatic carbocycles. The number of rotatable bonds is 8. The summed E-state index contributed by atoms with van der Waals surface area (Å²) >= 11 is 0. The zero-order valence-electron chi connectivity index (χ0n) is 16.2. The van der Waals surface area contributed by atoms with Gasteiger partial charge < -0.3 is 20.1 Å². The highest BCUT2D eigenvalue weighted by Gasteiger charge is 2.11. The largest absolute Gasteiger partial charge is 0.492 e. The SMILES string of the molecule is CCC(C)NC(=NC)NCc1ccccc1OCCN1CCOCC1.I. The predicted octanol–water partition coefficient (Wildman–Crippen LogP) is 2.48. The van der Waals surface area contributed by atoms with E-state index >= 15 is 0 Å². The highest BCUT2D eigenvalue weighted by molar-refractivity contribution is 14.0. The Morgan fingerprint density at radius 2 is 2.04 bits per heavy atom. The van der Waals surface area contributed by atoms with Crippen molar-refractivity contribution < 1.29 is 9.47 Å². The van der Waals surface area contributed by atoms with Gasteiger partial charge in [0.25, 0.3) is 0 Å². The van der Waals surface area contributed by atoms with Crippen molar-refractivity contribution in [3.05, 3.63) is 29.8 Å². The van der Waals surface area contributed by atoms with Crippen LogP contribution < -0.4 is 15.4 Å². The third kappa shape index (κ3) is 8.09. The van der Waals surface area contributed by atoms with Crippen molar-refractivity contribution in [1.82, 2.24) is 15.5 Å². The number of ether oxygens (including phenoxy) is 2. The van der Waals surface area contributed by atoms with Crippen LogP contribution in [0.5, 0.6) is 5.75 Å². The molecule has 1 aliphatic heterocycles. The lowest BCUT2D eigenvalue weighted by atomic mass is 10.2. The minimum Gasteiger partial charge on any atom is -0.492 e. The standard InChI is InChI=1S/C19H32N4O2.HI/c1-4-16(2)22-19(20-3)21-15-17-7-5-6-8-18(17)25-14-11-23-9-12-24-13-10-23;/h5-8,16H,4,9-15H2,1-3H3,(H2,20,21,22);1H. The van der Waals surface area contributed by atoms with Crippen LogP contribution in [0.15, 0.2) is 29.3 Å². The maximum atomic E-state index is 6.03. The molecule has 1 unspecified atom stereocenters. The average molecular weight is 476 g/mol. The van der Waals surface area contributed by atoms with Gasteiger partial charge in [-0.15, -0.1) is 24.0 Å². The first-order valence-electron chi connectivity index (χ1n) is 9.21. The lowest BCUT2D eigenvalue weighted by Crippen LogP contribution is -2.41. The lowest BCUT2D eigenvalue weighted by molar-refractivity contribution is 0.0322. The molecule has 1 atom stereocenters. The highest BCUT2D eigenvalue weighted by Crippen LogP contribution is 2.17. The molecule has 7 heteroatoms. The fourth-order valence-electron chi connectivity index (χ4n) is 2.61. The second-order valence-corrected chi connectivity index (χ2v) is 6.29. The van der Waals surface area contributed by atoms with Gasteiger partial charge in [0.15, 0.2) is 5.96 Å². The van der Waals surface area contributed by atoms with Crippen molar-refractivity contribution in [1.29, 1.82) is 0 Å². The molecule has 0 aromatic heterocycles. The summed E-state index contributed by atoms with van der Waals surface area (Å²) in [6, 6.07) is 8.57. The molecule has 2 N–H and O–H groups in total. The number of aliphatic imine (C=N–C) groups is 1. The predicted molar refractivity (Wildman–Crippen MR) is 118 cm³/mol. The van der Waals surface area contributed by atoms with Crippen LogP contribution in [-0.2, 0) is 11.3 Å². The fourth-order valence-corrected chi connectivity index (χ4v) is 2.61. The molecule has 1 aromatic rings. The Bertz CT molecular complexity index is 536. The number of para-hydroxylation sites is 1. The first-order valence-corrected chi connectivity index (χ1v) is 9.21. The lowest BCUT2D eigenvalue weighted by Gasteiger charge is -2.26. The van der Waals surface area contributed by atoms with Crippen LogP contribution in [0.4, 0.5) is 0 Å². The maximum Gasteiger partial charge on any atom is 0.191 e. The Kier molecular flexibility index (Phi) is 11.6. The smallest absolute Gasteiger partial charge is 0.191 e. The molecular formula is C19H33IN4O2. The van der Waals surface area contributed by atoms with Crippen LogP contribution >= 0.6 is 24.0 Å². The average Bonchev–Trinajstić information content (AvgIpc) is 2.66. The maximum absolute atomic E-state index is 6.03. The van der Waals surface area contributed by atoms with Gasteiger partial charge in [-0.25, -0.2) is 0 Å². The molecule has 1 fully saturated rings. The second-order valence-electron chi connectivity index (χ2n) is 6.29. The van der Waals surface area contributed by atoms with E-state index in [0.29, 0.717) is 19.2 Å². The highest BCUT2D eigenvalue weighted by atomic mass is 127. The first kappa shape index (κ1) is 23.0. The monoisotopic (exact) mass is 476 g/mol. The Balaban J connectivity index is 0.00000338. The van der Waals surface area contributed by atoms with Gasteiger partial charge in [-0.1, -0.05) is 25.1 Å². The summed E-state index contributed by atoms with van der Waals surface area (Å²) in [5.74, 6) is 1.75. The molecule has 0 saturated carbocycles. The minimum atomic E-state index is 0. The molecule has 1 aromatic carbocycles. The summed E-state index contributed by atoms with van der Waals surface area (Å²) in [5.41, 5.74) is 1.14. The summed E-state index contributed by atoms with van der Waals surface area (Å²) in [6.45, 7) is 10.2. The minimum absolute atomic E-state index is 0. The summed E-state index contributed by atoms with van der Waals surface area (Å²) in [4.78, 5) is 6.66. The molecule has 148 valence electrons.